The standard InChI is InChI=1S/C10H18O3/c11-6-4-8-7(10(13)5-6)2-1-3-9(8)12/h6-13H,1-5H2/t6?,7-,8?,9?,10?/m1/s1. The first-order chi connectivity index (χ1) is 6.18. The maximum absolute atomic E-state index is 9.72. The molecule has 3 nitrogen and oxygen atoms in total. The van der Waals surface area contributed by atoms with E-state index in [4.69, 9.17) is 0 Å². The minimum Gasteiger partial charge on any atom is -0.393 e. The van der Waals surface area contributed by atoms with Gasteiger partial charge >= 0.3 is 0 Å². The fourth-order valence-electron chi connectivity index (χ4n) is 2.95. The van der Waals surface area contributed by atoms with Crippen molar-refractivity contribution >= 4 is 0 Å². The molecule has 0 aromatic heterocycles. The van der Waals surface area contributed by atoms with Gasteiger partial charge in [-0.2, -0.15) is 0 Å². The lowest BCUT2D eigenvalue weighted by Crippen LogP contribution is -2.46. The molecular formula is C10H18O3. The first-order valence-corrected chi connectivity index (χ1v) is 5.22. The highest BCUT2D eigenvalue weighted by Crippen LogP contribution is 2.40. The summed E-state index contributed by atoms with van der Waals surface area (Å²) >= 11 is 0. The van der Waals surface area contributed by atoms with Crippen LogP contribution in [0.2, 0.25) is 0 Å². The van der Waals surface area contributed by atoms with E-state index in [-0.39, 0.29) is 17.9 Å². The van der Waals surface area contributed by atoms with Crippen LogP contribution in [-0.2, 0) is 0 Å². The number of aliphatic hydroxyl groups excluding tert-OH is 3. The van der Waals surface area contributed by atoms with Crippen LogP contribution in [-0.4, -0.2) is 33.6 Å². The van der Waals surface area contributed by atoms with Gasteiger partial charge in [0, 0.05) is 0 Å². The minimum atomic E-state index is -0.413. The molecule has 0 bridgehead atoms. The van der Waals surface area contributed by atoms with E-state index in [0.29, 0.717) is 12.8 Å². The van der Waals surface area contributed by atoms with Gasteiger partial charge in [0.1, 0.15) is 0 Å². The van der Waals surface area contributed by atoms with Crippen LogP contribution in [0.3, 0.4) is 0 Å². The lowest BCUT2D eigenvalue weighted by Gasteiger charge is -2.43. The normalized spacial score (nSPS) is 51.5. The molecule has 2 saturated carbocycles. The van der Waals surface area contributed by atoms with E-state index in [2.05, 4.69) is 0 Å². The molecule has 2 aliphatic rings. The molecule has 2 rings (SSSR count). The molecule has 0 saturated heterocycles. The number of rotatable bonds is 0. The number of hydrogen-bond donors (Lipinski definition) is 3. The zero-order valence-corrected chi connectivity index (χ0v) is 7.76. The van der Waals surface area contributed by atoms with Gasteiger partial charge in [0.25, 0.3) is 0 Å². The summed E-state index contributed by atoms with van der Waals surface area (Å²) in [6, 6.07) is 0. The molecule has 0 aromatic rings. The predicted molar refractivity (Wildman–Crippen MR) is 48.1 cm³/mol. The van der Waals surface area contributed by atoms with Crippen LogP contribution in [0.5, 0.6) is 0 Å². The van der Waals surface area contributed by atoms with Crippen molar-refractivity contribution in [2.75, 3.05) is 0 Å². The van der Waals surface area contributed by atoms with Crippen LogP contribution >= 0.6 is 0 Å². The lowest BCUT2D eigenvalue weighted by atomic mass is 9.67. The molecule has 2 fully saturated rings. The molecule has 0 heterocycles. The van der Waals surface area contributed by atoms with Crippen LogP contribution in [0, 0.1) is 11.8 Å². The van der Waals surface area contributed by atoms with Crippen LogP contribution in [0.15, 0.2) is 0 Å². The van der Waals surface area contributed by atoms with Crippen molar-refractivity contribution in [1.82, 2.24) is 0 Å². The number of hydrogen-bond acceptors (Lipinski definition) is 3. The Morgan fingerprint density at radius 1 is 0.769 bits per heavy atom. The fourth-order valence-corrected chi connectivity index (χ4v) is 2.95. The van der Waals surface area contributed by atoms with Crippen molar-refractivity contribution in [2.24, 2.45) is 11.8 Å². The van der Waals surface area contributed by atoms with Gasteiger partial charge in [-0.25, -0.2) is 0 Å². The molecule has 0 aromatic carbocycles. The van der Waals surface area contributed by atoms with Crippen molar-refractivity contribution in [3.63, 3.8) is 0 Å². The summed E-state index contributed by atoms with van der Waals surface area (Å²) < 4.78 is 0. The van der Waals surface area contributed by atoms with Crippen molar-refractivity contribution in [1.29, 1.82) is 0 Å². The SMILES string of the molecule is OC1CC(O)[C@@H]2CCCC(O)C2C1. The Kier molecular flexibility index (Phi) is 2.58. The van der Waals surface area contributed by atoms with Crippen LogP contribution in [0.4, 0.5) is 0 Å². The molecule has 0 radical (unpaired) electrons. The van der Waals surface area contributed by atoms with Gasteiger partial charge in [-0.1, -0.05) is 6.42 Å². The van der Waals surface area contributed by atoms with Crippen LogP contribution in [0.25, 0.3) is 0 Å². The maximum atomic E-state index is 9.72. The van der Waals surface area contributed by atoms with Gasteiger partial charge in [0.05, 0.1) is 18.3 Å². The van der Waals surface area contributed by atoms with Crippen molar-refractivity contribution in [2.45, 2.75) is 50.4 Å². The molecule has 3 heteroatoms. The Morgan fingerprint density at radius 2 is 1.54 bits per heavy atom. The predicted octanol–water partition coefficient (Wildman–Crippen LogP) is 0.279. The van der Waals surface area contributed by atoms with Crippen molar-refractivity contribution in [3.05, 3.63) is 0 Å². The van der Waals surface area contributed by atoms with Gasteiger partial charge in [0.2, 0.25) is 0 Å². The highest BCUT2D eigenvalue weighted by Gasteiger charge is 2.41. The van der Waals surface area contributed by atoms with Crippen LogP contribution in [0.1, 0.15) is 32.1 Å². The molecular weight excluding hydrogens is 168 g/mol. The van der Waals surface area contributed by atoms with Crippen LogP contribution < -0.4 is 0 Å². The lowest BCUT2D eigenvalue weighted by molar-refractivity contribution is -0.0910. The van der Waals surface area contributed by atoms with Crippen molar-refractivity contribution in [3.8, 4) is 0 Å². The monoisotopic (exact) mass is 186 g/mol. The zero-order valence-electron chi connectivity index (χ0n) is 7.76. The topological polar surface area (TPSA) is 60.7 Å². The Morgan fingerprint density at radius 3 is 2.31 bits per heavy atom. The Balaban J connectivity index is 2.08. The summed E-state index contributed by atoms with van der Waals surface area (Å²) in [7, 11) is 0. The molecule has 13 heavy (non-hydrogen) atoms. The van der Waals surface area contributed by atoms with Gasteiger partial charge < -0.3 is 15.3 Å². The third-order valence-corrected chi connectivity index (χ3v) is 3.63. The van der Waals surface area contributed by atoms with E-state index < -0.39 is 12.2 Å². The number of fused-ring (bicyclic) bond motifs is 1. The average molecular weight is 186 g/mol. The zero-order chi connectivity index (χ0) is 9.42. The van der Waals surface area contributed by atoms with E-state index in [9.17, 15) is 15.3 Å². The van der Waals surface area contributed by atoms with E-state index in [0.717, 1.165) is 19.3 Å². The largest absolute Gasteiger partial charge is 0.393 e. The van der Waals surface area contributed by atoms with Gasteiger partial charge in [-0.15, -0.1) is 0 Å². The minimum absolute atomic E-state index is 0.132. The highest BCUT2D eigenvalue weighted by atomic mass is 16.3. The Hall–Kier alpha value is -0.120. The average Bonchev–Trinajstić information content (AvgIpc) is 2.07. The maximum Gasteiger partial charge on any atom is 0.0596 e. The second kappa shape index (κ2) is 3.56. The summed E-state index contributed by atoms with van der Waals surface area (Å²) in [5, 5.41) is 28.9. The van der Waals surface area contributed by atoms with E-state index in [1.165, 1.54) is 0 Å². The molecule has 3 N–H and O–H groups in total. The van der Waals surface area contributed by atoms with Crippen molar-refractivity contribution < 1.29 is 15.3 Å². The van der Waals surface area contributed by atoms with Gasteiger partial charge in [-0.3, -0.25) is 0 Å². The molecule has 5 atom stereocenters. The smallest absolute Gasteiger partial charge is 0.0596 e. The number of aliphatic hydroxyl groups is 3. The Bertz CT molecular complexity index is 183. The van der Waals surface area contributed by atoms with Gasteiger partial charge in [-0.05, 0) is 37.5 Å². The molecule has 2 aliphatic carbocycles. The molecule has 0 aliphatic heterocycles. The molecule has 4 unspecified atom stereocenters. The van der Waals surface area contributed by atoms with E-state index >= 15 is 0 Å². The third kappa shape index (κ3) is 1.73. The second-order valence-corrected chi connectivity index (χ2v) is 4.52. The summed E-state index contributed by atoms with van der Waals surface area (Å²) in [5.74, 6) is 0.361. The first kappa shape index (κ1) is 9.44. The summed E-state index contributed by atoms with van der Waals surface area (Å²) in [4.78, 5) is 0. The van der Waals surface area contributed by atoms with E-state index in [1.54, 1.807) is 0 Å². The third-order valence-electron chi connectivity index (χ3n) is 3.63. The fraction of sp³-hybridized carbons (Fsp3) is 1.00. The molecule has 0 spiro atoms. The highest BCUT2D eigenvalue weighted by molar-refractivity contribution is 4.92. The van der Waals surface area contributed by atoms with Gasteiger partial charge in [0.15, 0.2) is 0 Å². The molecule has 76 valence electrons. The molecule has 0 amide bonds. The summed E-state index contributed by atoms with van der Waals surface area (Å²) in [5.41, 5.74) is 0. The quantitative estimate of drug-likeness (QED) is 0.509. The summed E-state index contributed by atoms with van der Waals surface area (Å²) in [6.45, 7) is 0. The Labute approximate surface area is 78.4 Å². The second-order valence-electron chi connectivity index (χ2n) is 4.52. The first-order valence-electron chi connectivity index (χ1n) is 5.22. The summed E-state index contributed by atoms with van der Waals surface area (Å²) in [6.07, 6.45) is 2.90. The van der Waals surface area contributed by atoms with E-state index in [1.807, 2.05) is 0 Å².